The fraction of sp³-hybridized carbons (Fsp3) is 0.280. The first-order valence-electron chi connectivity index (χ1n) is 10.8. The summed E-state index contributed by atoms with van der Waals surface area (Å²) < 4.78 is 16.2. The minimum Gasteiger partial charge on any atom is -0.497 e. The van der Waals surface area contributed by atoms with Crippen LogP contribution in [0.15, 0.2) is 60.0 Å². The molecule has 170 valence electrons. The second-order valence-electron chi connectivity index (χ2n) is 8.08. The molecule has 2 unspecified atom stereocenters. The number of fused-ring (bicyclic) bond motifs is 1. The van der Waals surface area contributed by atoms with Crippen molar-refractivity contribution in [3.05, 3.63) is 76.0 Å². The Morgan fingerprint density at radius 2 is 1.97 bits per heavy atom. The van der Waals surface area contributed by atoms with Gasteiger partial charge in [-0.3, -0.25) is 9.59 Å². The highest BCUT2D eigenvalue weighted by atomic mass is 32.1. The molecule has 2 aliphatic rings. The summed E-state index contributed by atoms with van der Waals surface area (Å²) in [5, 5.41) is 4.94. The van der Waals surface area contributed by atoms with Crippen LogP contribution in [0.4, 0.5) is 0 Å². The van der Waals surface area contributed by atoms with Crippen molar-refractivity contribution < 1.29 is 23.8 Å². The molecule has 1 fully saturated rings. The molecule has 1 aromatic heterocycles. The van der Waals surface area contributed by atoms with Crippen LogP contribution in [0.1, 0.15) is 26.7 Å². The van der Waals surface area contributed by atoms with E-state index in [0.29, 0.717) is 36.0 Å². The number of carbonyl (C=O) groups excluding carboxylic acids is 2. The summed E-state index contributed by atoms with van der Waals surface area (Å²) in [5.74, 6) is 1.52. The molecule has 33 heavy (non-hydrogen) atoms. The number of methoxy groups -OCH3 is 1. The number of hydrogen-bond acceptors (Lipinski definition) is 6. The molecule has 3 aromatic rings. The summed E-state index contributed by atoms with van der Waals surface area (Å²) >= 11 is 1.41. The average Bonchev–Trinajstić information content (AvgIpc) is 3.62. The molecule has 2 atom stereocenters. The van der Waals surface area contributed by atoms with Gasteiger partial charge in [0.25, 0.3) is 5.91 Å². The third-order valence-electron chi connectivity index (χ3n) is 6.10. The molecular weight excluding hydrogens is 440 g/mol. The van der Waals surface area contributed by atoms with E-state index in [9.17, 15) is 9.59 Å². The molecular formula is C25H24N2O5S. The zero-order valence-corrected chi connectivity index (χ0v) is 19.0. The average molecular weight is 465 g/mol. The quantitative estimate of drug-likeness (QED) is 0.603. The van der Waals surface area contributed by atoms with Gasteiger partial charge in [0, 0.05) is 25.6 Å². The van der Waals surface area contributed by atoms with Crippen molar-refractivity contribution in [1.82, 2.24) is 10.2 Å². The monoisotopic (exact) mass is 464 g/mol. The predicted molar refractivity (Wildman–Crippen MR) is 124 cm³/mol. The fourth-order valence-corrected chi connectivity index (χ4v) is 5.06. The topological polar surface area (TPSA) is 77.1 Å². The first-order valence-corrected chi connectivity index (χ1v) is 11.6. The molecule has 2 aliphatic heterocycles. The standard InChI is InChI=1S/C25H24N2O5S/c1-30-18-5-2-4-17(11-18)19-13-27(25(29)23-6-3-9-33-23)14-20(19)24(28)26-12-16-7-8-21-22(10-16)32-15-31-21/h2-11,19-20H,12-15H2,1H3,(H,26,28). The molecule has 2 amide bonds. The van der Waals surface area contributed by atoms with Crippen LogP contribution in [0.25, 0.3) is 0 Å². The van der Waals surface area contributed by atoms with E-state index >= 15 is 0 Å². The lowest BCUT2D eigenvalue weighted by atomic mass is 9.88. The summed E-state index contributed by atoms with van der Waals surface area (Å²) in [7, 11) is 1.62. The Bertz CT molecular complexity index is 1160. The van der Waals surface area contributed by atoms with Crippen molar-refractivity contribution in [2.75, 3.05) is 27.0 Å². The van der Waals surface area contributed by atoms with Crippen LogP contribution in [-0.2, 0) is 11.3 Å². The van der Waals surface area contributed by atoms with Crippen LogP contribution < -0.4 is 19.5 Å². The van der Waals surface area contributed by atoms with E-state index in [2.05, 4.69) is 5.32 Å². The van der Waals surface area contributed by atoms with Crippen LogP contribution in [-0.4, -0.2) is 43.7 Å². The molecule has 0 aliphatic carbocycles. The second kappa shape index (κ2) is 9.15. The van der Waals surface area contributed by atoms with Crippen LogP contribution in [0.3, 0.4) is 0 Å². The third-order valence-corrected chi connectivity index (χ3v) is 6.96. The van der Waals surface area contributed by atoms with E-state index in [1.807, 2.05) is 60.0 Å². The first kappa shape index (κ1) is 21.3. The fourth-order valence-electron chi connectivity index (χ4n) is 4.37. The third kappa shape index (κ3) is 4.39. The van der Waals surface area contributed by atoms with Crippen LogP contribution in [0.2, 0.25) is 0 Å². The molecule has 1 saturated heterocycles. The molecule has 5 rings (SSSR count). The number of ether oxygens (including phenoxy) is 3. The summed E-state index contributed by atoms with van der Waals surface area (Å²) in [6, 6.07) is 17.1. The maximum absolute atomic E-state index is 13.3. The molecule has 2 aromatic carbocycles. The Hall–Kier alpha value is -3.52. The van der Waals surface area contributed by atoms with Gasteiger partial charge in [0.1, 0.15) is 5.75 Å². The molecule has 0 bridgehead atoms. The maximum Gasteiger partial charge on any atom is 0.263 e. The Kier molecular flexibility index (Phi) is 5.92. The number of carbonyl (C=O) groups is 2. The summed E-state index contributed by atoms with van der Waals surface area (Å²) in [4.78, 5) is 28.8. The minimum absolute atomic E-state index is 0.0380. The molecule has 8 heteroatoms. The van der Waals surface area contributed by atoms with E-state index in [0.717, 1.165) is 16.9 Å². The number of hydrogen-bond donors (Lipinski definition) is 1. The van der Waals surface area contributed by atoms with Gasteiger partial charge in [-0.25, -0.2) is 0 Å². The van der Waals surface area contributed by atoms with E-state index < -0.39 is 0 Å². The van der Waals surface area contributed by atoms with Gasteiger partial charge in [-0.15, -0.1) is 11.3 Å². The molecule has 7 nitrogen and oxygen atoms in total. The Morgan fingerprint density at radius 1 is 1.09 bits per heavy atom. The molecule has 0 radical (unpaired) electrons. The summed E-state index contributed by atoms with van der Waals surface area (Å²) in [5.41, 5.74) is 1.91. The van der Waals surface area contributed by atoms with Gasteiger partial charge in [-0.05, 0) is 46.8 Å². The molecule has 0 spiro atoms. The Morgan fingerprint density at radius 3 is 2.79 bits per heavy atom. The Balaban J connectivity index is 1.34. The van der Waals surface area contributed by atoms with Gasteiger partial charge in [0.15, 0.2) is 11.5 Å². The number of rotatable bonds is 6. The molecule has 0 saturated carbocycles. The maximum atomic E-state index is 13.3. The summed E-state index contributed by atoms with van der Waals surface area (Å²) in [6.07, 6.45) is 0. The Labute approximate surface area is 195 Å². The van der Waals surface area contributed by atoms with Crippen molar-refractivity contribution in [3.63, 3.8) is 0 Å². The lowest BCUT2D eigenvalue weighted by Crippen LogP contribution is -2.35. The zero-order valence-electron chi connectivity index (χ0n) is 18.2. The van der Waals surface area contributed by atoms with Crippen molar-refractivity contribution in [2.45, 2.75) is 12.5 Å². The second-order valence-corrected chi connectivity index (χ2v) is 9.03. The highest BCUT2D eigenvalue weighted by Crippen LogP contribution is 2.36. The number of likely N-dealkylation sites (tertiary alicyclic amines) is 1. The number of thiophene rings is 1. The van der Waals surface area contributed by atoms with Crippen molar-refractivity contribution in [2.24, 2.45) is 5.92 Å². The minimum atomic E-state index is -0.366. The van der Waals surface area contributed by atoms with E-state index in [1.54, 1.807) is 12.0 Å². The number of benzene rings is 2. The molecule has 1 N–H and O–H groups in total. The highest BCUT2D eigenvalue weighted by Gasteiger charge is 2.40. The van der Waals surface area contributed by atoms with E-state index in [1.165, 1.54) is 11.3 Å². The van der Waals surface area contributed by atoms with Gasteiger partial charge in [0.2, 0.25) is 12.7 Å². The van der Waals surface area contributed by atoms with E-state index in [4.69, 9.17) is 14.2 Å². The number of amides is 2. The van der Waals surface area contributed by atoms with Crippen molar-refractivity contribution >= 4 is 23.2 Å². The zero-order chi connectivity index (χ0) is 22.8. The SMILES string of the molecule is COc1cccc(C2CN(C(=O)c3cccs3)CC2C(=O)NCc2ccc3c(c2)OCO3)c1. The lowest BCUT2D eigenvalue weighted by Gasteiger charge is -2.19. The van der Waals surface area contributed by atoms with Gasteiger partial charge in [-0.2, -0.15) is 0 Å². The number of nitrogens with zero attached hydrogens (tertiary/aromatic N) is 1. The van der Waals surface area contributed by atoms with Crippen molar-refractivity contribution in [1.29, 1.82) is 0 Å². The predicted octanol–water partition coefficient (Wildman–Crippen LogP) is 3.66. The van der Waals surface area contributed by atoms with Crippen molar-refractivity contribution in [3.8, 4) is 17.2 Å². The normalized spacial score (nSPS) is 18.9. The van der Waals surface area contributed by atoms with E-state index in [-0.39, 0.29) is 30.4 Å². The van der Waals surface area contributed by atoms with Gasteiger partial charge >= 0.3 is 0 Å². The van der Waals surface area contributed by atoms with Crippen LogP contribution in [0, 0.1) is 5.92 Å². The highest BCUT2D eigenvalue weighted by molar-refractivity contribution is 7.12. The van der Waals surface area contributed by atoms with Gasteiger partial charge in [0.05, 0.1) is 17.9 Å². The smallest absolute Gasteiger partial charge is 0.263 e. The van der Waals surface area contributed by atoms with Gasteiger partial charge < -0.3 is 24.4 Å². The molecule has 3 heterocycles. The first-order chi connectivity index (χ1) is 16.1. The van der Waals surface area contributed by atoms with Gasteiger partial charge in [-0.1, -0.05) is 24.3 Å². The largest absolute Gasteiger partial charge is 0.497 e. The number of nitrogens with one attached hydrogen (secondary N) is 1. The van der Waals surface area contributed by atoms with Crippen LogP contribution >= 0.6 is 11.3 Å². The van der Waals surface area contributed by atoms with Crippen LogP contribution in [0.5, 0.6) is 17.2 Å². The summed E-state index contributed by atoms with van der Waals surface area (Å²) in [6.45, 7) is 1.43. The lowest BCUT2D eigenvalue weighted by molar-refractivity contribution is -0.125.